The van der Waals surface area contributed by atoms with E-state index in [1.165, 1.54) is 4.88 Å². The van der Waals surface area contributed by atoms with Crippen LogP contribution < -0.4 is 10.2 Å². The van der Waals surface area contributed by atoms with Crippen molar-refractivity contribution in [1.29, 1.82) is 0 Å². The van der Waals surface area contributed by atoms with Gasteiger partial charge in [-0.05, 0) is 19.3 Å². The number of aryl methyl sites for hydroxylation is 1. The molecule has 1 saturated heterocycles. The summed E-state index contributed by atoms with van der Waals surface area (Å²) in [7, 11) is 0. The van der Waals surface area contributed by atoms with Gasteiger partial charge < -0.3 is 15.3 Å². The van der Waals surface area contributed by atoms with Crippen molar-refractivity contribution in [2.45, 2.75) is 38.6 Å². The number of anilines is 2. The van der Waals surface area contributed by atoms with Crippen LogP contribution >= 0.6 is 11.3 Å². The van der Waals surface area contributed by atoms with Crippen molar-refractivity contribution >= 4 is 23.0 Å². The molecule has 6 nitrogen and oxygen atoms in total. The van der Waals surface area contributed by atoms with Crippen molar-refractivity contribution in [2.24, 2.45) is 0 Å². The average Bonchev–Trinajstić information content (AvgIpc) is 3.24. The molecule has 0 saturated carbocycles. The lowest BCUT2D eigenvalue weighted by Gasteiger charge is -2.24. The third kappa shape index (κ3) is 3.97. The normalized spacial score (nSPS) is 17.7. The molecular formula is C16H23N5OS. The van der Waals surface area contributed by atoms with Gasteiger partial charge >= 0.3 is 0 Å². The molecule has 1 aliphatic heterocycles. The van der Waals surface area contributed by atoms with Gasteiger partial charge in [0.25, 0.3) is 0 Å². The number of aliphatic hydroxyl groups excluding tert-OH is 1. The first-order valence-corrected chi connectivity index (χ1v) is 8.98. The van der Waals surface area contributed by atoms with Crippen molar-refractivity contribution < 1.29 is 5.11 Å². The van der Waals surface area contributed by atoms with Crippen LogP contribution in [0.4, 0.5) is 11.6 Å². The zero-order valence-corrected chi connectivity index (χ0v) is 14.2. The van der Waals surface area contributed by atoms with E-state index in [1.807, 2.05) is 12.3 Å². The lowest BCUT2D eigenvalue weighted by atomic mass is 10.2. The highest BCUT2D eigenvalue weighted by Crippen LogP contribution is 2.24. The van der Waals surface area contributed by atoms with Gasteiger partial charge in [-0.15, -0.1) is 11.3 Å². The molecule has 0 radical (unpaired) electrons. The molecule has 2 aromatic heterocycles. The largest absolute Gasteiger partial charge is 0.394 e. The highest BCUT2D eigenvalue weighted by Gasteiger charge is 2.25. The second-order valence-electron chi connectivity index (χ2n) is 5.68. The van der Waals surface area contributed by atoms with Crippen LogP contribution in [0.25, 0.3) is 0 Å². The molecule has 0 spiro atoms. The number of hydrogen-bond donors (Lipinski definition) is 2. The third-order valence-corrected chi connectivity index (χ3v) is 5.33. The molecule has 1 atom stereocenters. The predicted octanol–water partition coefficient (Wildman–Crippen LogP) is 2.11. The van der Waals surface area contributed by atoms with Crippen molar-refractivity contribution in [2.75, 3.05) is 29.9 Å². The van der Waals surface area contributed by atoms with Gasteiger partial charge in [0.2, 0.25) is 0 Å². The van der Waals surface area contributed by atoms with E-state index in [0.717, 1.165) is 55.4 Å². The zero-order valence-electron chi connectivity index (χ0n) is 13.4. The molecule has 3 heterocycles. The number of nitrogens with one attached hydrogen (secondary N) is 1. The van der Waals surface area contributed by atoms with Gasteiger partial charge in [-0.25, -0.2) is 15.0 Å². The van der Waals surface area contributed by atoms with E-state index in [1.54, 1.807) is 17.7 Å². The van der Waals surface area contributed by atoms with Gasteiger partial charge in [-0.2, -0.15) is 0 Å². The Morgan fingerprint density at radius 3 is 3.09 bits per heavy atom. The molecule has 1 unspecified atom stereocenters. The first-order valence-electron chi connectivity index (χ1n) is 8.17. The lowest BCUT2D eigenvalue weighted by Crippen LogP contribution is -2.32. The van der Waals surface area contributed by atoms with Gasteiger partial charge in [-0.3, -0.25) is 0 Å². The molecule has 0 amide bonds. The maximum absolute atomic E-state index is 9.45. The summed E-state index contributed by atoms with van der Waals surface area (Å²) in [5.41, 5.74) is 0. The third-order valence-electron chi connectivity index (χ3n) is 4.13. The standard InChI is InChI=1S/C16H23N5OS/c1-2-13-9-18-16(23-13)5-6-17-14-8-15(20-11-19-14)21-7-3-4-12(21)10-22/h8-9,11-12,22H,2-7,10H2,1H3,(H,17,19,20). The van der Waals surface area contributed by atoms with Gasteiger partial charge in [0, 0.05) is 36.7 Å². The topological polar surface area (TPSA) is 74.2 Å². The first kappa shape index (κ1) is 16.1. The van der Waals surface area contributed by atoms with Gasteiger partial charge in [0.1, 0.15) is 18.0 Å². The molecule has 2 N–H and O–H groups in total. The molecular weight excluding hydrogens is 310 g/mol. The Balaban J connectivity index is 1.57. The SMILES string of the molecule is CCc1cnc(CCNc2cc(N3CCCC3CO)ncn2)s1. The predicted molar refractivity (Wildman–Crippen MR) is 93.2 cm³/mol. The minimum atomic E-state index is 0.177. The minimum Gasteiger partial charge on any atom is -0.394 e. The Hall–Kier alpha value is -1.73. The fourth-order valence-corrected chi connectivity index (χ4v) is 3.71. The second kappa shape index (κ2) is 7.70. The molecule has 1 aliphatic rings. The molecule has 124 valence electrons. The van der Waals surface area contributed by atoms with E-state index in [9.17, 15) is 5.11 Å². The Kier molecular flexibility index (Phi) is 5.40. The van der Waals surface area contributed by atoms with Crippen LogP contribution in [0, 0.1) is 0 Å². The monoisotopic (exact) mass is 333 g/mol. The molecule has 2 aromatic rings. The summed E-state index contributed by atoms with van der Waals surface area (Å²) >= 11 is 1.77. The Bertz CT molecular complexity index is 632. The van der Waals surface area contributed by atoms with Crippen LogP contribution in [0.15, 0.2) is 18.6 Å². The van der Waals surface area contributed by atoms with Crippen molar-refractivity contribution in [3.63, 3.8) is 0 Å². The van der Waals surface area contributed by atoms with Crippen molar-refractivity contribution in [1.82, 2.24) is 15.0 Å². The summed E-state index contributed by atoms with van der Waals surface area (Å²) in [5.74, 6) is 1.72. The number of nitrogens with zero attached hydrogens (tertiary/aromatic N) is 4. The maximum Gasteiger partial charge on any atom is 0.134 e. The van der Waals surface area contributed by atoms with Crippen molar-refractivity contribution in [3.8, 4) is 0 Å². The number of aliphatic hydroxyl groups is 1. The van der Waals surface area contributed by atoms with E-state index in [0.29, 0.717) is 0 Å². The molecule has 7 heteroatoms. The van der Waals surface area contributed by atoms with E-state index in [2.05, 4.69) is 32.1 Å². The summed E-state index contributed by atoms with van der Waals surface area (Å²) in [4.78, 5) is 16.6. The number of rotatable bonds is 7. The summed E-state index contributed by atoms with van der Waals surface area (Å²) in [5, 5.41) is 13.9. The smallest absolute Gasteiger partial charge is 0.134 e. The second-order valence-corrected chi connectivity index (χ2v) is 6.88. The average molecular weight is 333 g/mol. The van der Waals surface area contributed by atoms with Crippen LogP contribution in [-0.4, -0.2) is 45.8 Å². The zero-order chi connectivity index (χ0) is 16.1. The molecule has 0 aromatic carbocycles. The lowest BCUT2D eigenvalue weighted by molar-refractivity contribution is 0.266. The van der Waals surface area contributed by atoms with E-state index in [-0.39, 0.29) is 12.6 Å². The molecule has 3 rings (SSSR count). The van der Waals surface area contributed by atoms with E-state index in [4.69, 9.17) is 0 Å². The summed E-state index contributed by atoms with van der Waals surface area (Å²) < 4.78 is 0. The summed E-state index contributed by atoms with van der Waals surface area (Å²) in [6, 6.07) is 2.15. The number of hydrogen-bond acceptors (Lipinski definition) is 7. The summed E-state index contributed by atoms with van der Waals surface area (Å²) in [6.45, 7) is 4.07. The maximum atomic E-state index is 9.45. The van der Waals surface area contributed by atoms with Gasteiger partial charge in [0.05, 0.1) is 17.7 Å². The van der Waals surface area contributed by atoms with E-state index >= 15 is 0 Å². The fraction of sp³-hybridized carbons (Fsp3) is 0.562. The quantitative estimate of drug-likeness (QED) is 0.808. The minimum absolute atomic E-state index is 0.177. The van der Waals surface area contributed by atoms with Crippen LogP contribution in [0.2, 0.25) is 0 Å². The highest BCUT2D eigenvalue weighted by molar-refractivity contribution is 7.11. The molecule has 0 aliphatic carbocycles. The molecule has 0 bridgehead atoms. The van der Waals surface area contributed by atoms with E-state index < -0.39 is 0 Å². The van der Waals surface area contributed by atoms with Crippen LogP contribution in [0.5, 0.6) is 0 Å². The van der Waals surface area contributed by atoms with Crippen LogP contribution in [0.1, 0.15) is 29.7 Å². The van der Waals surface area contributed by atoms with Crippen molar-refractivity contribution in [3.05, 3.63) is 28.5 Å². The van der Waals surface area contributed by atoms with Crippen LogP contribution in [0.3, 0.4) is 0 Å². The fourth-order valence-electron chi connectivity index (χ4n) is 2.85. The summed E-state index contributed by atoms with van der Waals surface area (Å²) in [6.07, 6.45) is 7.61. The van der Waals surface area contributed by atoms with Gasteiger partial charge in [-0.1, -0.05) is 6.92 Å². The number of thiazole rings is 1. The molecule has 23 heavy (non-hydrogen) atoms. The first-order chi connectivity index (χ1) is 11.3. The molecule has 1 fully saturated rings. The Morgan fingerprint density at radius 2 is 2.30 bits per heavy atom. The highest BCUT2D eigenvalue weighted by atomic mass is 32.1. The van der Waals surface area contributed by atoms with Gasteiger partial charge in [0.15, 0.2) is 0 Å². The Morgan fingerprint density at radius 1 is 1.39 bits per heavy atom. The van der Waals surface area contributed by atoms with Crippen LogP contribution in [-0.2, 0) is 12.8 Å². The Labute approximate surface area is 140 Å². The number of aromatic nitrogens is 3.